The smallest absolute Gasteiger partial charge is 0.264 e. The van der Waals surface area contributed by atoms with Crippen molar-refractivity contribution in [2.24, 2.45) is 0 Å². The van der Waals surface area contributed by atoms with Crippen LogP contribution in [0.3, 0.4) is 0 Å². The Morgan fingerprint density at radius 1 is 1.10 bits per heavy atom. The van der Waals surface area contributed by atoms with Crippen LogP contribution in [0.15, 0.2) is 60.0 Å². The Labute approximate surface area is 182 Å². The molecule has 1 aromatic heterocycles. The number of thiophene rings is 1. The Morgan fingerprint density at radius 3 is 2.73 bits per heavy atom. The molecule has 1 amide bonds. The van der Waals surface area contributed by atoms with E-state index in [1.807, 2.05) is 59.7 Å². The van der Waals surface area contributed by atoms with Gasteiger partial charge in [-0.05, 0) is 60.9 Å². The SMILES string of the molecule is COc1cc(C)ccc1OCc1csc(C(=O)N2CCCCC2c2ccccc2)c1. The first-order valence-electron chi connectivity index (χ1n) is 10.4. The lowest BCUT2D eigenvalue weighted by molar-refractivity contribution is 0.0616. The Bertz CT molecular complexity index is 999. The van der Waals surface area contributed by atoms with Crippen molar-refractivity contribution in [3.05, 3.63) is 81.5 Å². The van der Waals surface area contributed by atoms with Crippen LogP contribution in [-0.2, 0) is 6.61 Å². The molecule has 0 aliphatic carbocycles. The van der Waals surface area contributed by atoms with Crippen LogP contribution < -0.4 is 9.47 Å². The number of carbonyl (C=O) groups excluding carboxylic acids is 1. The van der Waals surface area contributed by atoms with Crippen molar-refractivity contribution in [3.8, 4) is 11.5 Å². The second-order valence-corrected chi connectivity index (χ2v) is 8.59. The second-order valence-electron chi connectivity index (χ2n) is 7.68. The fourth-order valence-electron chi connectivity index (χ4n) is 3.96. The zero-order valence-electron chi connectivity index (χ0n) is 17.5. The molecule has 1 aliphatic rings. The first-order valence-corrected chi connectivity index (χ1v) is 11.2. The maximum Gasteiger partial charge on any atom is 0.264 e. The van der Waals surface area contributed by atoms with Gasteiger partial charge in [0.15, 0.2) is 11.5 Å². The van der Waals surface area contributed by atoms with Crippen molar-refractivity contribution in [1.29, 1.82) is 0 Å². The summed E-state index contributed by atoms with van der Waals surface area (Å²) in [6.07, 6.45) is 3.24. The van der Waals surface area contributed by atoms with E-state index in [1.54, 1.807) is 7.11 Å². The van der Waals surface area contributed by atoms with Gasteiger partial charge >= 0.3 is 0 Å². The van der Waals surface area contributed by atoms with Gasteiger partial charge in [0.2, 0.25) is 0 Å². The van der Waals surface area contributed by atoms with Crippen molar-refractivity contribution < 1.29 is 14.3 Å². The topological polar surface area (TPSA) is 38.8 Å². The third-order valence-corrected chi connectivity index (χ3v) is 6.49. The number of amides is 1. The molecule has 30 heavy (non-hydrogen) atoms. The van der Waals surface area contributed by atoms with Gasteiger partial charge in [-0.15, -0.1) is 11.3 Å². The first kappa shape index (κ1) is 20.5. The van der Waals surface area contributed by atoms with Crippen molar-refractivity contribution >= 4 is 17.2 Å². The molecule has 3 aromatic rings. The summed E-state index contributed by atoms with van der Waals surface area (Å²) in [7, 11) is 1.64. The summed E-state index contributed by atoms with van der Waals surface area (Å²) in [6.45, 7) is 3.24. The highest BCUT2D eigenvalue weighted by molar-refractivity contribution is 7.12. The van der Waals surface area contributed by atoms with Crippen LogP contribution in [0.4, 0.5) is 0 Å². The fraction of sp³-hybridized carbons (Fsp3) is 0.320. The van der Waals surface area contributed by atoms with Gasteiger partial charge in [-0.25, -0.2) is 0 Å². The van der Waals surface area contributed by atoms with E-state index in [2.05, 4.69) is 12.1 Å². The number of methoxy groups -OCH3 is 1. The van der Waals surface area contributed by atoms with Gasteiger partial charge in [-0.3, -0.25) is 4.79 Å². The predicted molar refractivity (Wildman–Crippen MR) is 120 cm³/mol. The zero-order chi connectivity index (χ0) is 20.9. The number of benzene rings is 2. The highest BCUT2D eigenvalue weighted by atomic mass is 32.1. The van der Waals surface area contributed by atoms with Crippen LogP contribution in [0, 0.1) is 6.92 Å². The number of nitrogens with zero attached hydrogens (tertiary/aromatic N) is 1. The van der Waals surface area contributed by atoms with Gasteiger partial charge in [-0.2, -0.15) is 0 Å². The number of hydrogen-bond donors (Lipinski definition) is 0. The molecular formula is C25H27NO3S. The minimum Gasteiger partial charge on any atom is -0.493 e. The third-order valence-electron chi connectivity index (χ3n) is 5.53. The summed E-state index contributed by atoms with van der Waals surface area (Å²) in [5.74, 6) is 1.55. The monoisotopic (exact) mass is 421 g/mol. The van der Waals surface area contributed by atoms with E-state index in [4.69, 9.17) is 9.47 Å². The van der Waals surface area contributed by atoms with Gasteiger partial charge in [-0.1, -0.05) is 36.4 Å². The maximum atomic E-state index is 13.3. The number of hydrogen-bond acceptors (Lipinski definition) is 4. The second kappa shape index (κ2) is 9.35. The number of aryl methyl sites for hydroxylation is 1. The normalized spacial score (nSPS) is 16.3. The van der Waals surface area contributed by atoms with Crippen molar-refractivity contribution in [3.63, 3.8) is 0 Å². The molecule has 0 spiro atoms. The Kier molecular flexibility index (Phi) is 6.38. The molecule has 2 heterocycles. The van der Waals surface area contributed by atoms with E-state index >= 15 is 0 Å². The third kappa shape index (κ3) is 4.51. The minimum absolute atomic E-state index is 0.118. The van der Waals surface area contributed by atoms with E-state index in [0.29, 0.717) is 12.4 Å². The molecule has 1 aliphatic heterocycles. The summed E-state index contributed by atoms with van der Waals surface area (Å²) in [6, 6.07) is 18.4. The number of likely N-dealkylation sites (tertiary alicyclic amines) is 1. The highest BCUT2D eigenvalue weighted by Crippen LogP contribution is 2.33. The lowest BCUT2D eigenvalue weighted by Crippen LogP contribution is -2.38. The predicted octanol–water partition coefficient (Wildman–Crippen LogP) is 6.01. The van der Waals surface area contributed by atoms with E-state index in [9.17, 15) is 4.79 Å². The average Bonchev–Trinajstić information content (AvgIpc) is 3.27. The van der Waals surface area contributed by atoms with Gasteiger partial charge in [0.1, 0.15) is 6.61 Å². The molecule has 1 fully saturated rings. The molecule has 4 rings (SSSR count). The Balaban J connectivity index is 1.46. The molecule has 2 aromatic carbocycles. The summed E-state index contributed by atoms with van der Waals surface area (Å²) in [5.41, 5.74) is 3.34. The molecule has 0 bridgehead atoms. The molecule has 4 nitrogen and oxygen atoms in total. The largest absolute Gasteiger partial charge is 0.493 e. The molecule has 1 atom stereocenters. The molecule has 5 heteroatoms. The van der Waals surface area contributed by atoms with Crippen LogP contribution in [0.2, 0.25) is 0 Å². The zero-order valence-corrected chi connectivity index (χ0v) is 18.3. The summed E-state index contributed by atoms with van der Waals surface area (Å²) in [5, 5.41) is 2.01. The highest BCUT2D eigenvalue weighted by Gasteiger charge is 2.29. The van der Waals surface area contributed by atoms with Crippen LogP contribution >= 0.6 is 11.3 Å². The van der Waals surface area contributed by atoms with E-state index in [0.717, 1.165) is 47.6 Å². The molecular weight excluding hydrogens is 394 g/mol. The van der Waals surface area contributed by atoms with Gasteiger partial charge in [0, 0.05) is 12.1 Å². The van der Waals surface area contributed by atoms with Crippen LogP contribution in [-0.4, -0.2) is 24.5 Å². The molecule has 1 unspecified atom stereocenters. The summed E-state index contributed by atoms with van der Waals surface area (Å²) < 4.78 is 11.4. The van der Waals surface area contributed by atoms with Gasteiger partial charge in [0.05, 0.1) is 18.0 Å². The first-order chi connectivity index (χ1) is 14.7. The maximum absolute atomic E-state index is 13.3. The molecule has 0 N–H and O–H groups in total. The lowest BCUT2D eigenvalue weighted by Gasteiger charge is -2.36. The number of rotatable bonds is 6. The summed E-state index contributed by atoms with van der Waals surface area (Å²) >= 11 is 1.49. The average molecular weight is 422 g/mol. The minimum atomic E-state index is 0.118. The van der Waals surface area contributed by atoms with Crippen molar-refractivity contribution in [1.82, 2.24) is 4.90 Å². The Morgan fingerprint density at radius 2 is 1.93 bits per heavy atom. The number of piperidine rings is 1. The number of carbonyl (C=O) groups is 1. The van der Waals surface area contributed by atoms with Crippen molar-refractivity contribution in [2.75, 3.05) is 13.7 Å². The fourth-order valence-corrected chi connectivity index (χ4v) is 4.81. The quantitative estimate of drug-likeness (QED) is 0.489. The van der Waals surface area contributed by atoms with Crippen LogP contribution in [0.1, 0.15) is 51.7 Å². The van der Waals surface area contributed by atoms with E-state index in [-0.39, 0.29) is 11.9 Å². The molecule has 0 radical (unpaired) electrons. The molecule has 1 saturated heterocycles. The van der Waals surface area contributed by atoms with Gasteiger partial charge < -0.3 is 14.4 Å². The van der Waals surface area contributed by atoms with E-state index < -0.39 is 0 Å². The Hall–Kier alpha value is -2.79. The van der Waals surface area contributed by atoms with Crippen LogP contribution in [0.5, 0.6) is 11.5 Å². The molecule has 156 valence electrons. The number of ether oxygens (including phenoxy) is 2. The van der Waals surface area contributed by atoms with Crippen LogP contribution in [0.25, 0.3) is 0 Å². The molecule has 0 saturated carbocycles. The lowest BCUT2D eigenvalue weighted by atomic mass is 9.95. The standard InChI is InChI=1S/C25H27NO3S/c1-18-11-12-22(23(14-18)28-2)29-16-19-15-24(30-17-19)25(27)26-13-7-6-10-21(26)20-8-4-3-5-9-20/h3-5,8-9,11-12,14-15,17,21H,6-7,10,13,16H2,1-2H3. The summed E-state index contributed by atoms with van der Waals surface area (Å²) in [4.78, 5) is 16.1. The van der Waals surface area contributed by atoms with E-state index in [1.165, 1.54) is 16.9 Å². The van der Waals surface area contributed by atoms with Crippen molar-refractivity contribution in [2.45, 2.75) is 38.8 Å². The van der Waals surface area contributed by atoms with Gasteiger partial charge in [0.25, 0.3) is 5.91 Å².